The Bertz CT molecular complexity index is 483. The van der Waals surface area contributed by atoms with Crippen molar-refractivity contribution in [3.63, 3.8) is 0 Å². The van der Waals surface area contributed by atoms with E-state index in [9.17, 15) is 0 Å². The van der Waals surface area contributed by atoms with Crippen molar-refractivity contribution >= 4 is 23.0 Å². The van der Waals surface area contributed by atoms with E-state index < -0.39 is 0 Å². The summed E-state index contributed by atoms with van der Waals surface area (Å²) in [6, 6.07) is 0. The topological polar surface area (TPSA) is 160 Å². The van der Waals surface area contributed by atoms with E-state index in [0.717, 1.165) is 0 Å². The summed E-state index contributed by atoms with van der Waals surface area (Å²) >= 11 is 0. The Morgan fingerprint density at radius 3 is 1.89 bits per heavy atom. The van der Waals surface area contributed by atoms with E-state index >= 15 is 0 Å². The Morgan fingerprint density at radius 2 is 1.61 bits per heavy atom. The van der Waals surface area contributed by atoms with Gasteiger partial charge in [0.15, 0.2) is 0 Å². The zero-order valence-corrected chi connectivity index (χ0v) is 10.1. The van der Waals surface area contributed by atoms with Gasteiger partial charge in [-0.2, -0.15) is 10.2 Å². The third-order valence-corrected chi connectivity index (χ3v) is 2.24. The van der Waals surface area contributed by atoms with Gasteiger partial charge in [0.2, 0.25) is 0 Å². The number of anilines is 4. The van der Waals surface area contributed by atoms with Gasteiger partial charge in [0.05, 0.1) is 36.9 Å². The van der Waals surface area contributed by atoms with Crippen LogP contribution >= 0.6 is 0 Å². The second-order valence-electron chi connectivity index (χ2n) is 3.54. The van der Waals surface area contributed by atoms with Crippen molar-refractivity contribution in [3.8, 4) is 0 Å². The lowest BCUT2D eigenvalue weighted by atomic mass is 10.5. The Labute approximate surface area is 104 Å². The van der Waals surface area contributed by atoms with Crippen LogP contribution in [0.25, 0.3) is 0 Å². The van der Waals surface area contributed by atoms with Crippen LogP contribution in [0.15, 0.2) is 12.4 Å². The number of nitrogens with two attached hydrogens (primary N) is 4. The van der Waals surface area contributed by atoms with Crippen LogP contribution in [0.2, 0.25) is 0 Å². The highest BCUT2D eigenvalue weighted by Gasteiger charge is 2.01. The van der Waals surface area contributed by atoms with E-state index in [1.54, 1.807) is 7.05 Å². The normalized spacial score (nSPS) is 9.89. The molecule has 0 aromatic carbocycles. The summed E-state index contributed by atoms with van der Waals surface area (Å²) in [6.07, 6.45) is 2.99. The SMILES string of the molecule is Cn1ncc(N)c1N.Nc1cnn(CCO)c1N. The molecule has 0 aliphatic rings. The van der Waals surface area contributed by atoms with Crippen LogP contribution in [-0.2, 0) is 13.6 Å². The molecule has 2 aromatic heterocycles. The van der Waals surface area contributed by atoms with Gasteiger partial charge < -0.3 is 28.0 Å². The Hall–Kier alpha value is -2.42. The summed E-state index contributed by atoms with van der Waals surface area (Å²) in [5.74, 6) is 0.930. The molecule has 0 aliphatic carbocycles. The molecular weight excluding hydrogens is 236 g/mol. The summed E-state index contributed by atoms with van der Waals surface area (Å²) in [5, 5.41) is 16.1. The molecule has 0 atom stereocenters. The standard InChI is InChI=1S/C5H10N4O.C4H8N4/c6-4-3-8-9(1-2-10)5(4)7;1-8-4(6)3(5)2-7-8/h3,10H,1-2,6-7H2;2H,5-6H2,1H3. The lowest BCUT2D eigenvalue weighted by Crippen LogP contribution is -2.07. The summed E-state index contributed by atoms with van der Waals surface area (Å²) in [4.78, 5) is 0. The molecule has 2 heterocycles. The molecule has 18 heavy (non-hydrogen) atoms. The van der Waals surface area contributed by atoms with Crippen LogP contribution in [0.3, 0.4) is 0 Å². The molecule has 9 N–H and O–H groups in total. The first-order chi connectivity index (χ1) is 8.47. The molecular formula is C9H18N8O. The molecule has 0 aliphatic heterocycles. The van der Waals surface area contributed by atoms with Gasteiger partial charge in [0, 0.05) is 7.05 Å². The molecule has 0 radical (unpaired) electrons. The van der Waals surface area contributed by atoms with Crippen molar-refractivity contribution in [1.29, 1.82) is 0 Å². The number of aliphatic hydroxyl groups is 1. The molecule has 0 unspecified atom stereocenters. The summed E-state index contributed by atoms with van der Waals surface area (Å²) < 4.78 is 2.98. The second kappa shape index (κ2) is 5.77. The van der Waals surface area contributed by atoms with Gasteiger partial charge in [-0.05, 0) is 0 Å². The molecule has 9 nitrogen and oxygen atoms in total. The number of aryl methyl sites for hydroxylation is 1. The fourth-order valence-electron chi connectivity index (χ4n) is 1.15. The average Bonchev–Trinajstić information content (AvgIpc) is 2.81. The van der Waals surface area contributed by atoms with Crippen LogP contribution < -0.4 is 22.9 Å². The fourth-order valence-corrected chi connectivity index (χ4v) is 1.15. The van der Waals surface area contributed by atoms with Crippen molar-refractivity contribution < 1.29 is 5.11 Å². The van der Waals surface area contributed by atoms with Crippen molar-refractivity contribution in [2.24, 2.45) is 7.05 Å². The van der Waals surface area contributed by atoms with Crippen LogP contribution in [-0.4, -0.2) is 31.3 Å². The molecule has 0 spiro atoms. The van der Waals surface area contributed by atoms with Crippen molar-refractivity contribution in [2.45, 2.75) is 6.54 Å². The minimum Gasteiger partial charge on any atom is -0.394 e. The second-order valence-corrected chi connectivity index (χ2v) is 3.54. The quantitative estimate of drug-likeness (QED) is 0.441. The van der Waals surface area contributed by atoms with Gasteiger partial charge in [-0.3, -0.25) is 4.68 Å². The summed E-state index contributed by atoms with van der Waals surface area (Å²) in [6.45, 7) is 0.411. The zero-order chi connectivity index (χ0) is 13.7. The molecule has 2 rings (SSSR count). The highest BCUT2D eigenvalue weighted by atomic mass is 16.3. The minimum atomic E-state index is 0.0192. The van der Waals surface area contributed by atoms with Crippen LogP contribution in [0.5, 0.6) is 0 Å². The number of aliphatic hydroxyl groups excluding tert-OH is 1. The van der Waals surface area contributed by atoms with E-state index in [2.05, 4.69) is 10.2 Å². The molecule has 9 heteroatoms. The molecule has 0 saturated carbocycles. The predicted octanol–water partition coefficient (Wildman–Crippen LogP) is -1.38. The highest BCUT2D eigenvalue weighted by Crippen LogP contribution is 2.11. The smallest absolute Gasteiger partial charge is 0.145 e. The third kappa shape index (κ3) is 3.04. The van der Waals surface area contributed by atoms with E-state index in [1.807, 2.05) is 0 Å². The fraction of sp³-hybridized carbons (Fsp3) is 0.333. The number of nitrogens with zero attached hydrogens (tertiary/aromatic N) is 4. The van der Waals surface area contributed by atoms with Crippen molar-refractivity contribution in [3.05, 3.63) is 12.4 Å². The summed E-state index contributed by atoms with van der Waals surface area (Å²) in [5.41, 5.74) is 22.5. The Kier molecular flexibility index (Phi) is 4.38. The van der Waals surface area contributed by atoms with Crippen molar-refractivity contribution in [2.75, 3.05) is 29.5 Å². The van der Waals surface area contributed by atoms with Gasteiger partial charge in [-0.1, -0.05) is 0 Å². The first-order valence-corrected chi connectivity index (χ1v) is 5.18. The van der Waals surface area contributed by atoms with E-state index in [4.69, 9.17) is 28.0 Å². The van der Waals surface area contributed by atoms with Crippen LogP contribution in [0.4, 0.5) is 23.0 Å². The lowest BCUT2D eigenvalue weighted by molar-refractivity contribution is 0.270. The Balaban J connectivity index is 0.000000184. The average molecular weight is 254 g/mol. The minimum absolute atomic E-state index is 0.0192. The maximum Gasteiger partial charge on any atom is 0.145 e. The number of aromatic nitrogens is 4. The molecule has 0 saturated heterocycles. The van der Waals surface area contributed by atoms with Crippen LogP contribution in [0, 0.1) is 0 Å². The van der Waals surface area contributed by atoms with Crippen molar-refractivity contribution in [1.82, 2.24) is 19.6 Å². The van der Waals surface area contributed by atoms with Gasteiger partial charge in [-0.25, -0.2) is 4.68 Å². The molecule has 2 aromatic rings. The van der Waals surface area contributed by atoms with E-state index in [1.165, 1.54) is 21.8 Å². The van der Waals surface area contributed by atoms with E-state index in [0.29, 0.717) is 29.6 Å². The largest absolute Gasteiger partial charge is 0.394 e. The molecule has 0 amide bonds. The van der Waals surface area contributed by atoms with Gasteiger partial charge >= 0.3 is 0 Å². The summed E-state index contributed by atoms with van der Waals surface area (Å²) in [7, 11) is 1.74. The highest BCUT2D eigenvalue weighted by molar-refractivity contribution is 5.57. The number of nitrogen functional groups attached to an aromatic ring is 4. The van der Waals surface area contributed by atoms with Gasteiger partial charge in [-0.15, -0.1) is 0 Å². The van der Waals surface area contributed by atoms with Crippen LogP contribution in [0.1, 0.15) is 0 Å². The molecule has 100 valence electrons. The maximum atomic E-state index is 8.50. The first kappa shape index (κ1) is 13.6. The third-order valence-electron chi connectivity index (χ3n) is 2.24. The number of hydrogen-bond acceptors (Lipinski definition) is 7. The number of rotatable bonds is 2. The number of hydrogen-bond donors (Lipinski definition) is 5. The first-order valence-electron chi connectivity index (χ1n) is 5.18. The van der Waals surface area contributed by atoms with Gasteiger partial charge in [0.25, 0.3) is 0 Å². The maximum absolute atomic E-state index is 8.50. The van der Waals surface area contributed by atoms with E-state index in [-0.39, 0.29) is 6.61 Å². The lowest BCUT2D eigenvalue weighted by Gasteiger charge is -1.99. The zero-order valence-electron chi connectivity index (χ0n) is 10.1. The Morgan fingerprint density at radius 1 is 1.06 bits per heavy atom. The molecule has 0 fully saturated rings. The van der Waals surface area contributed by atoms with Gasteiger partial charge in [0.1, 0.15) is 11.6 Å². The molecule has 0 bridgehead atoms. The monoisotopic (exact) mass is 254 g/mol. The predicted molar refractivity (Wildman–Crippen MR) is 70.2 cm³/mol.